The normalized spacial score (nSPS) is 17.9. The van der Waals surface area contributed by atoms with Crippen molar-refractivity contribution in [1.82, 2.24) is 0 Å². The molecule has 1 rings (SSSR count). The predicted molar refractivity (Wildman–Crippen MR) is 83.0 cm³/mol. The summed E-state index contributed by atoms with van der Waals surface area (Å²) in [6.45, 7) is 9.45. The minimum atomic E-state index is -2.53. The maximum atomic E-state index is 5.74. The molecule has 0 aromatic heterocycles. The van der Waals surface area contributed by atoms with Gasteiger partial charge in [0.1, 0.15) is 12.7 Å². The lowest BCUT2D eigenvalue weighted by Crippen LogP contribution is -2.46. The first-order valence-electron chi connectivity index (χ1n) is 7.04. The van der Waals surface area contributed by atoms with Gasteiger partial charge in [-0.05, 0) is 38.2 Å². The monoisotopic (exact) mass is 326 g/mol. The molecule has 0 aromatic carbocycles. The Morgan fingerprint density at radius 3 is 2.00 bits per heavy atom. The molecule has 0 N–H and O–H groups in total. The Labute approximate surface area is 127 Å². The summed E-state index contributed by atoms with van der Waals surface area (Å²) >= 11 is 0. The van der Waals surface area contributed by atoms with Crippen molar-refractivity contribution in [3.63, 3.8) is 0 Å². The maximum absolute atomic E-state index is 5.74. The molecule has 0 spiro atoms. The second kappa shape index (κ2) is 11.8. The highest BCUT2D eigenvalue weighted by Crippen LogP contribution is 2.18. The minimum Gasteiger partial charge on any atom is -0.374 e. The first-order valence-corrected chi connectivity index (χ1v) is 8.97. The molecule has 1 fully saturated rings. The number of ether oxygens (including phenoxy) is 1. The lowest BCUT2D eigenvalue weighted by molar-refractivity contribution is -0.296. The Kier molecular flexibility index (Phi) is 11.9. The molecule has 20 heavy (non-hydrogen) atoms. The van der Waals surface area contributed by atoms with Crippen LogP contribution in [0.1, 0.15) is 27.2 Å². The Morgan fingerprint density at radius 1 is 1.00 bits per heavy atom. The molecule has 0 aliphatic carbocycles. The van der Waals surface area contributed by atoms with E-state index in [1.165, 1.54) is 0 Å². The molecule has 0 bridgehead atoms. The Morgan fingerprint density at radius 2 is 1.55 bits per heavy atom. The highest BCUT2D eigenvalue weighted by molar-refractivity contribution is 6.60. The van der Waals surface area contributed by atoms with E-state index >= 15 is 0 Å². The van der Waals surface area contributed by atoms with Crippen molar-refractivity contribution < 1.29 is 27.8 Å². The molecule has 0 radical (unpaired) electrons. The van der Waals surface area contributed by atoms with Gasteiger partial charge < -0.3 is 18.0 Å². The summed E-state index contributed by atoms with van der Waals surface area (Å²) < 4.78 is 22.2. The third-order valence-corrected chi connectivity index (χ3v) is 5.69. The summed E-state index contributed by atoms with van der Waals surface area (Å²) in [6.07, 6.45) is 1.02. The highest BCUT2D eigenvalue weighted by Gasteiger charge is 2.39. The fourth-order valence-corrected chi connectivity index (χ4v) is 4.28. The third kappa shape index (κ3) is 8.47. The molecule has 0 saturated carbocycles. The van der Waals surface area contributed by atoms with Crippen molar-refractivity contribution in [2.45, 2.75) is 39.3 Å². The van der Waals surface area contributed by atoms with Crippen LogP contribution < -0.4 is 0 Å². The number of epoxide rings is 1. The minimum absolute atomic E-state index is 0. The molecule has 1 heterocycles. The number of hydrogen-bond donors (Lipinski definition) is 0. The van der Waals surface area contributed by atoms with E-state index in [1.807, 2.05) is 20.8 Å². The van der Waals surface area contributed by atoms with Crippen LogP contribution in [0.4, 0.5) is 0 Å². The molecule has 8 heteroatoms. The zero-order valence-corrected chi connectivity index (χ0v) is 13.2. The van der Waals surface area contributed by atoms with Gasteiger partial charge in [-0.2, -0.15) is 0 Å². The van der Waals surface area contributed by atoms with Crippen LogP contribution in [-0.4, -0.2) is 65.5 Å². The van der Waals surface area contributed by atoms with E-state index in [2.05, 4.69) is 0 Å². The second-order valence-electron chi connectivity index (χ2n) is 4.15. The molecular weight excluding hydrogens is 296 g/mol. The lowest BCUT2D eigenvalue weighted by Gasteiger charge is -2.28. The van der Waals surface area contributed by atoms with Gasteiger partial charge in [-0.3, -0.25) is 0 Å². The average molecular weight is 327 g/mol. The van der Waals surface area contributed by atoms with Crippen LogP contribution in [0, 0.1) is 0 Å². The third-order valence-electron chi connectivity index (χ3n) is 2.54. The van der Waals surface area contributed by atoms with E-state index in [9.17, 15) is 0 Å². The van der Waals surface area contributed by atoms with Crippen molar-refractivity contribution in [1.29, 1.82) is 0 Å². The summed E-state index contributed by atoms with van der Waals surface area (Å²) in [4.78, 5) is 10.1. The smallest absolute Gasteiger partial charge is 0.374 e. The molecule has 6 nitrogen and oxygen atoms in total. The standard InChI is InChI=1S/C12H26O6Si.H4Si/c1-4-16-19(17-5-2,18-6-3)9-7-8-14-15-11-12-10-13-12;/h12H,4-11H2,1-3H3;1H4. The second-order valence-corrected chi connectivity index (χ2v) is 6.88. The van der Waals surface area contributed by atoms with Crippen LogP contribution in [0.2, 0.25) is 6.04 Å². The van der Waals surface area contributed by atoms with Crippen molar-refractivity contribution >= 4 is 19.8 Å². The van der Waals surface area contributed by atoms with Gasteiger partial charge in [0.15, 0.2) is 0 Å². The summed E-state index contributed by atoms with van der Waals surface area (Å²) in [5, 5.41) is 0. The van der Waals surface area contributed by atoms with Gasteiger partial charge in [0.25, 0.3) is 0 Å². The Bertz CT molecular complexity index is 211. The zero-order chi connectivity index (χ0) is 14.0. The number of hydrogen-bond acceptors (Lipinski definition) is 6. The van der Waals surface area contributed by atoms with Crippen molar-refractivity contribution in [3.05, 3.63) is 0 Å². The van der Waals surface area contributed by atoms with E-state index in [1.54, 1.807) is 0 Å². The van der Waals surface area contributed by atoms with Crippen molar-refractivity contribution in [3.8, 4) is 0 Å². The topological polar surface area (TPSA) is 58.7 Å². The average Bonchev–Trinajstić information content (AvgIpc) is 3.19. The Hall–Kier alpha value is 0.194. The summed E-state index contributed by atoms with van der Waals surface area (Å²) in [6, 6.07) is 0.742. The number of rotatable bonds is 13. The van der Waals surface area contributed by atoms with Gasteiger partial charge in [0.2, 0.25) is 0 Å². The summed E-state index contributed by atoms with van der Waals surface area (Å²) in [5.41, 5.74) is 0. The molecule has 122 valence electrons. The van der Waals surface area contributed by atoms with Crippen molar-refractivity contribution in [2.75, 3.05) is 39.6 Å². The fourth-order valence-electron chi connectivity index (χ4n) is 1.70. The maximum Gasteiger partial charge on any atom is 0.501 e. The predicted octanol–water partition coefficient (Wildman–Crippen LogP) is 0.320. The SMILES string of the molecule is CCO[Si](CCCOOCC1CO1)(OCC)OCC.[SiH4]. The quantitative estimate of drug-likeness (QED) is 0.160. The zero-order valence-electron chi connectivity index (χ0n) is 12.2. The van der Waals surface area contributed by atoms with E-state index in [4.69, 9.17) is 27.8 Å². The van der Waals surface area contributed by atoms with Crippen LogP contribution in [0.3, 0.4) is 0 Å². The highest BCUT2D eigenvalue weighted by atomic mass is 28.4. The molecule has 0 aromatic rings. The molecule has 1 atom stereocenters. The van der Waals surface area contributed by atoms with E-state index < -0.39 is 8.80 Å². The first kappa shape index (κ1) is 20.2. The van der Waals surface area contributed by atoms with E-state index in [0.29, 0.717) is 33.0 Å². The van der Waals surface area contributed by atoms with E-state index in [0.717, 1.165) is 19.1 Å². The largest absolute Gasteiger partial charge is 0.501 e. The first-order chi connectivity index (χ1) is 9.26. The van der Waals surface area contributed by atoms with Gasteiger partial charge >= 0.3 is 8.80 Å². The van der Waals surface area contributed by atoms with Crippen LogP contribution in [0.5, 0.6) is 0 Å². The van der Waals surface area contributed by atoms with Gasteiger partial charge in [-0.25, -0.2) is 9.78 Å². The fraction of sp³-hybridized carbons (Fsp3) is 1.00. The van der Waals surface area contributed by atoms with Crippen LogP contribution in [0.15, 0.2) is 0 Å². The van der Waals surface area contributed by atoms with Gasteiger partial charge in [0, 0.05) is 25.9 Å². The van der Waals surface area contributed by atoms with Gasteiger partial charge in [-0.15, -0.1) is 0 Å². The summed E-state index contributed by atoms with van der Waals surface area (Å²) in [5.74, 6) is 0. The van der Waals surface area contributed by atoms with Gasteiger partial charge in [0.05, 0.1) is 13.2 Å². The lowest BCUT2D eigenvalue weighted by atomic mass is 10.5. The van der Waals surface area contributed by atoms with E-state index in [-0.39, 0.29) is 17.1 Å². The van der Waals surface area contributed by atoms with Gasteiger partial charge in [-0.1, -0.05) is 0 Å². The molecule has 0 amide bonds. The Balaban J connectivity index is 0.00000361. The summed E-state index contributed by atoms with van der Waals surface area (Å²) in [7, 11) is -2.53. The van der Waals surface area contributed by atoms with Crippen LogP contribution >= 0.6 is 0 Å². The molecule has 1 saturated heterocycles. The molecule has 1 aliphatic heterocycles. The van der Waals surface area contributed by atoms with Crippen LogP contribution in [0.25, 0.3) is 0 Å². The van der Waals surface area contributed by atoms with Crippen molar-refractivity contribution in [2.24, 2.45) is 0 Å². The molecule has 1 aliphatic rings. The van der Waals surface area contributed by atoms with Crippen LogP contribution in [-0.2, 0) is 27.8 Å². The molecular formula is C12H30O6Si2. The molecule has 1 unspecified atom stereocenters.